The molecular formula is C10H3F12NO4S2. The molecule has 0 bridgehead atoms. The maximum absolute atomic E-state index is 13.0. The maximum atomic E-state index is 13.0. The summed E-state index contributed by atoms with van der Waals surface area (Å²) in [5.74, 6) is 0. The van der Waals surface area contributed by atoms with Gasteiger partial charge in [-0.1, -0.05) is 4.13 Å². The van der Waals surface area contributed by atoms with Crippen LogP contribution in [0.5, 0.6) is 0 Å². The number of hydrogen-bond donors (Lipinski definition) is 1. The topological polar surface area (TPSA) is 80.3 Å². The molecule has 1 N–H and O–H groups in total. The summed E-state index contributed by atoms with van der Waals surface area (Å²) in [6.07, 6.45) is -18.4. The van der Waals surface area contributed by atoms with Crippen LogP contribution in [0.15, 0.2) is 17.0 Å². The first-order chi connectivity index (χ1) is 12.4. The summed E-state index contributed by atoms with van der Waals surface area (Å²) in [6, 6.07) is -2.24. The van der Waals surface area contributed by atoms with Gasteiger partial charge in [0.05, 0.1) is 16.7 Å². The van der Waals surface area contributed by atoms with E-state index in [1.807, 2.05) is 0 Å². The highest BCUT2D eigenvalue weighted by Gasteiger charge is 2.52. The molecule has 168 valence electrons. The fraction of sp³-hybridized carbons (Fsp3) is 0.400. The van der Waals surface area contributed by atoms with Crippen molar-refractivity contribution in [2.45, 2.75) is 28.9 Å². The molecule has 0 atom stereocenters. The Hall–Kier alpha value is -1.76. The van der Waals surface area contributed by atoms with Gasteiger partial charge in [-0.05, 0) is 12.1 Å². The monoisotopic (exact) mass is 493 g/mol. The van der Waals surface area contributed by atoms with Crippen LogP contribution in [0.2, 0.25) is 0 Å². The molecule has 0 spiro atoms. The van der Waals surface area contributed by atoms with E-state index < -0.39 is 77.8 Å². The van der Waals surface area contributed by atoms with Gasteiger partial charge in [0.25, 0.3) is 10.0 Å². The van der Waals surface area contributed by atoms with E-state index in [4.69, 9.17) is 0 Å². The minimum absolute atomic E-state index is 0.390. The first-order valence-corrected chi connectivity index (χ1v) is 9.12. The van der Waals surface area contributed by atoms with Crippen LogP contribution >= 0.6 is 0 Å². The van der Waals surface area contributed by atoms with Crippen LogP contribution in [0.4, 0.5) is 52.7 Å². The van der Waals surface area contributed by atoms with E-state index in [1.54, 1.807) is 0 Å². The molecule has 0 aromatic heterocycles. The van der Waals surface area contributed by atoms with Crippen LogP contribution in [0.3, 0.4) is 0 Å². The largest absolute Gasteiger partial charge is 0.512 e. The Balaban J connectivity index is 4.08. The summed E-state index contributed by atoms with van der Waals surface area (Å²) in [6.45, 7) is 0. The van der Waals surface area contributed by atoms with Gasteiger partial charge in [-0.25, -0.2) is 16.8 Å². The van der Waals surface area contributed by atoms with Crippen LogP contribution in [0.1, 0.15) is 16.7 Å². The lowest BCUT2D eigenvalue weighted by Crippen LogP contribution is -2.41. The average Bonchev–Trinajstić information content (AvgIpc) is 2.40. The molecule has 0 aliphatic rings. The summed E-state index contributed by atoms with van der Waals surface area (Å²) in [5.41, 5.74) is -15.5. The van der Waals surface area contributed by atoms with Crippen molar-refractivity contribution in [1.82, 2.24) is 4.13 Å². The van der Waals surface area contributed by atoms with Crippen molar-refractivity contribution in [3.8, 4) is 0 Å². The van der Waals surface area contributed by atoms with E-state index in [2.05, 4.69) is 0 Å². The molecule has 5 nitrogen and oxygen atoms in total. The summed E-state index contributed by atoms with van der Waals surface area (Å²) in [4.78, 5) is -3.18. The first kappa shape index (κ1) is 25.3. The number of alkyl halides is 12. The minimum Gasteiger partial charge on any atom is -0.206 e. The van der Waals surface area contributed by atoms with Crippen LogP contribution < -0.4 is 4.13 Å². The van der Waals surface area contributed by atoms with Crippen LogP contribution in [-0.4, -0.2) is 22.3 Å². The zero-order valence-corrected chi connectivity index (χ0v) is 14.3. The van der Waals surface area contributed by atoms with Crippen LogP contribution in [0, 0.1) is 0 Å². The third-order valence-corrected chi connectivity index (χ3v) is 6.16. The van der Waals surface area contributed by atoms with Crippen LogP contribution in [-0.2, 0) is 38.6 Å². The van der Waals surface area contributed by atoms with Crippen molar-refractivity contribution in [2.24, 2.45) is 0 Å². The standard InChI is InChI=1S/C10H3F12NO4S2/c11-7(12,13)3-1-4(8(14,15)16)6(5(2-3)9(17,18)19)28(24,25)23-29(26,27)10(20,21)22/h1-2,23H. The predicted molar refractivity (Wildman–Crippen MR) is 66.7 cm³/mol. The zero-order valence-electron chi connectivity index (χ0n) is 12.6. The van der Waals surface area contributed by atoms with Crippen molar-refractivity contribution in [2.75, 3.05) is 0 Å². The second kappa shape index (κ2) is 6.89. The summed E-state index contributed by atoms with van der Waals surface area (Å²) < 4.78 is 197. The number of nitrogens with one attached hydrogen (secondary N) is 1. The number of hydrogen-bond acceptors (Lipinski definition) is 4. The zero-order chi connectivity index (χ0) is 23.4. The van der Waals surface area contributed by atoms with E-state index >= 15 is 0 Å². The van der Waals surface area contributed by atoms with Crippen molar-refractivity contribution >= 4 is 20.0 Å². The molecule has 0 radical (unpaired) electrons. The Morgan fingerprint density at radius 3 is 1.21 bits per heavy atom. The Labute approximate surface area is 152 Å². The SMILES string of the molecule is O=S(=O)(NS(=O)(=O)C(F)(F)F)c1c(C(F)(F)F)cc(C(F)(F)F)cc1C(F)(F)F. The van der Waals surface area contributed by atoms with Gasteiger partial charge in [0.1, 0.15) is 4.90 Å². The Morgan fingerprint density at radius 2 is 0.966 bits per heavy atom. The smallest absolute Gasteiger partial charge is 0.206 e. The molecule has 0 aliphatic heterocycles. The van der Waals surface area contributed by atoms with E-state index in [9.17, 15) is 69.5 Å². The van der Waals surface area contributed by atoms with Gasteiger partial charge in [0.15, 0.2) is 0 Å². The molecule has 0 fully saturated rings. The van der Waals surface area contributed by atoms with Gasteiger partial charge in [0.2, 0.25) is 0 Å². The molecule has 29 heavy (non-hydrogen) atoms. The molecule has 19 heteroatoms. The molecule has 0 heterocycles. The first-order valence-electron chi connectivity index (χ1n) is 6.16. The highest BCUT2D eigenvalue weighted by atomic mass is 32.3. The fourth-order valence-electron chi connectivity index (χ4n) is 1.74. The summed E-state index contributed by atoms with van der Waals surface area (Å²) in [7, 11) is -13.9. The molecule has 0 saturated heterocycles. The average molecular weight is 493 g/mol. The maximum Gasteiger partial charge on any atom is 0.512 e. The van der Waals surface area contributed by atoms with Crippen LogP contribution in [0.25, 0.3) is 0 Å². The molecule has 0 saturated carbocycles. The van der Waals surface area contributed by atoms with Crippen molar-refractivity contribution < 1.29 is 69.5 Å². The predicted octanol–water partition coefficient (Wildman–Crippen LogP) is 3.87. The van der Waals surface area contributed by atoms with Gasteiger partial charge in [0, 0.05) is 0 Å². The lowest BCUT2D eigenvalue weighted by Gasteiger charge is -2.21. The molecule has 1 rings (SSSR count). The number of rotatable bonds is 3. The van der Waals surface area contributed by atoms with E-state index in [1.165, 1.54) is 0 Å². The normalized spacial score (nSPS) is 14.9. The second-order valence-electron chi connectivity index (χ2n) is 4.93. The highest BCUT2D eigenvalue weighted by Crippen LogP contribution is 2.45. The van der Waals surface area contributed by atoms with E-state index in [0.29, 0.717) is 0 Å². The summed E-state index contributed by atoms with van der Waals surface area (Å²) in [5, 5.41) is 0. The molecule has 0 unspecified atom stereocenters. The molecule has 1 aromatic rings. The van der Waals surface area contributed by atoms with Gasteiger partial charge < -0.3 is 0 Å². The third kappa shape index (κ3) is 5.44. The number of halogens is 12. The molecule has 0 aliphatic carbocycles. The Kier molecular flexibility index (Phi) is 6.01. The number of benzene rings is 1. The second-order valence-corrected chi connectivity index (χ2v) is 8.48. The minimum atomic E-state index is -7.06. The molecule has 0 amide bonds. The van der Waals surface area contributed by atoms with Gasteiger partial charge >= 0.3 is 34.1 Å². The van der Waals surface area contributed by atoms with Crippen molar-refractivity contribution in [3.63, 3.8) is 0 Å². The fourth-order valence-corrected chi connectivity index (χ4v) is 4.53. The van der Waals surface area contributed by atoms with E-state index in [0.717, 1.165) is 0 Å². The quantitative estimate of drug-likeness (QED) is 0.649. The highest BCUT2D eigenvalue weighted by molar-refractivity contribution is 8.05. The van der Waals surface area contributed by atoms with Gasteiger partial charge in [-0.3, -0.25) is 0 Å². The lowest BCUT2D eigenvalue weighted by molar-refractivity contribution is -0.152. The Morgan fingerprint density at radius 1 is 0.621 bits per heavy atom. The third-order valence-electron chi connectivity index (χ3n) is 2.82. The van der Waals surface area contributed by atoms with Crippen molar-refractivity contribution in [3.05, 3.63) is 28.8 Å². The van der Waals surface area contributed by atoms with Gasteiger partial charge in [-0.15, -0.1) is 0 Å². The Bertz CT molecular complexity index is 964. The van der Waals surface area contributed by atoms with Gasteiger partial charge in [-0.2, -0.15) is 52.7 Å². The number of sulfonamides is 2. The van der Waals surface area contributed by atoms with E-state index in [-0.39, 0.29) is 4.13 Å². The molecule has 1 aromatic carbocycles. The summed E-state index contributed by atoms with van der Waals surface area (Å²) >= 11 is 0. The molecular weight excluding hydrogens is 490 g/mol. The lowest BCUT2D eigenvalue weighted by atomic mass is 10.0. The van der Waals surface area contributed by atoms with Crippen molar-refractivity contribution in [1.29, 1.82) is 0 Å².